The van der Waals surface area contributed by atoms with Crippen molar-refractivity contribution in [3.63, 3.8) is 0 Å². The monoisotopic (exact) mass is 304 g/mol. The molecular formula is C18H30Li2N2O. The first kappa shape index (κ1) is 25.4. The van der Waals surface area contributed by atoms with Crippen LogP contribution in [-0.2, 0) is 0 Å². The van der Waals surface area contributed by atoms with Gasteiger partial charge in [-0.15, -0.1) is 12.1 Å². The third-order valence-corrected chi connectivity index (χ3v) is 3.80. The number of unbranched alkanes of at least 4 members (excludes halogenated alkanes) is 1. The minimum absolute atomic E-state index is 0. The predicted octanol–water partition coefficient (Wildman–Crippen LogP) is -3.77. The number of nitrogens with zero attached hydrogens (tertiary/aromatic N) is 2. The number of hydrogen-bond acceptors (Lipinski definition) is 3. The minimum atomic E-state index is -0.670. The summed E-state index contributed by atoms with van der Waals surface area (Å²) in [5.74, 6) is 0.0690. The van der Waals surface area contributed by atoms with E-state index in [0.717, 1.165) is 37.9 Å². The van der Waals surface area contributed by atoms with Crippen LogP contribution >= 0.6 is 0 Å². The molecule has 1 rings (SSSR count). The molecule has 0 saturated carbocycles. The van der Waals surface area contributed by atoms with Crippen LogP contribution in [0.1, 0.15) is 31.7 Å². The van der Waals surface area contributed by atoms with Crippen LogP contribution in [0.5, 0.6) is 0 Å². The fourth-order valence-electron chi connectivity index (χ4n) is 2.37. The van der Waals surface area contributed by atoms with Gasteiger partial charge in [0.15, 0.2) is 0 Å². The van der Waals surface area contributed by atoms with Gasteiger partial charge in [0.05, 0.1) is 0 Å². The standard InChI is InChI=1S/C18H30N2O.2Li/c1-5-6-12-17(15-16-10-8-7-9-11-16)18(21)20(4)14-13-19(2)3;;/h7-11,15,17-18H,5-6,12-14H2,1-4H3;;/q-2;2*+1. The normalized spacial score (nSPS) is 13.2. The summed E-state index contributed by atoms with van der Waals surface area (Å²) in [5, 5.41) is 12.7. The number of rotatable bonds is 10. The molecule has 0 fully saturated rings. The molecule has 0 aliphatic carbocycles. The van der Waals surface area contributed by atoms with Crippen LogP contribution in [0.15, 0.2) is 30.3 Å². The van der Waals surface area contributed by atoms with Gasteiger partial charge in [-0.25, -0.2) is 0 Å². The van der Waals surface area contributed by atoms with Gasteiger partial charge in [-0.1, -0.05) is 44.4 Å². The summed E-state index contributed by atoms with van der Waals surface area (Å²) in [6.07, 6.45) is 4.68. The molecule has 0 amide bonds. The Morgan fingerprint density at radius 3 is 2.17 bits per heavy atom. The van der Waals surface area contributed by atoms with Crippen molar-refractivity contribution in [2.24, 2.45) is 5.92 Å². The van der Waals surface area contributed by atoms with E-state index < -0.39 is 6.23 Å². The Balaban J connectivity index is 0. The van der Waals surface area contributed by atoms with Crippen molar-refractivity contribution in [3.05, 3.63) is 42.3 Å². The van der Waals surface area contributed by atoms with Gasteiger partial charge in [0.2, 0.25) is 0 Å². The summed E-state index contributed by atoms with van der Waals surface area (Å²) in [7, 11) is 6.02. The van der Waals surface area contributed by atoms with Crippen LogP contribution in [0, 0.1) is 12.3 Å². The third kappa shape index (κ3) is 10.6. The Morgan fingerprint density at radius 1 is 1.04 bits per heavy atom. The van der Waals surface area contributed by atoms with E-state index >= 15 is 0 Å². The Bertz CT molecular complexity index is 377. The molecule has 0 aromatic heterocycles. The van der Waals surface area contributed by atoms with Crippen molar-refractivity contribution in [1.29, 1.82) is 0 Å². The second-order valence-electron chi connectivity index (χ2n) is 6.06. The van der Waals surface area contributed by atoms with Crippen LogP contribution in [0.4, 0.5) is 0 Å². The second kappa shape index (κ2) is 14.5. The Morgan fingerprint density at radius 2 is 1.65 bits per heavy atom. The van der Waals surface area contributed by atoms with Gasteiger partial charge in [0, 0.05) is 13.1 Å². The first-order chi connectivity index (χ1) is 10.0. The molecule has 0 aliphatic heterocycles. The van der Waals surface area contributed by atoms with Crippen LogP contribution in [0.2, 0.25) is 0 Å². The molecule has 1 aromatic carbocycles. The summed E-state index contributed by atoms with van der Waals surface area (Å²) in [6, 6.07) is 10.2. The second-order valence-corrected chi connectivity index (χ2v) is 6.06. The van der Waals surface area contributed by atoms with Crippen molar-refractivity contribution < 1.29 is 42.8 Å². The van der Waals surface area contributed by atoms with Gasteiger partial charge in [0.25, 0.3) is 0 Å². The van der Waals surface area contributed by atoms with E-state index in [0.29, 0.717) is 0 Å². The van der Waals surface area contributed by atoms with E-state index in [2.05, 4.69) is 30.4 Å². The van der Waals surface area contributed by atoms with Gasteiger partial charge in [-0.3, -0.25) is 0 Å². The van der Waals surface area contributed by atoms with Crippen molar-refractivity contribution in [3.8, 4) is 0 Å². The smallest absolute Gasteiger partial charge is 0.841 e. The molecule has 2 unspecified atom stereocenters. The fraction of sp³-hybridized carbons (Fsp3) is 0.611. The average Bonchev–Trinajstić information content (AvgIpc) is 2.49. The Hall–Kier alpha value is 0.165. The van der Waals surface area contributed by atoms with Crippen molar-refractivity contribution in [2.45, 2.75) is 32.4 Å². The van der Waals surface area contributed by atoms with Gasteiger partial charge >= 0.3 is 37.7 Å². The molecular weight excluding hydrogens is 274 g/mol. The first-order valence-corrected chi connectivity index (χ1v) is 7.95. The molecule has 0 aliphatic rings. The fourth-order valence-corrected chi connectivity index (χ4v) is 2.37. The van der Waals surface area contributed by atoms with Crippen LogP contribution in [0.3, 0.4) is 0 Å². The Kier molecular flexibility index (Phi) is 16.0. The molecule has 0 N–H and O–H groups in total. The topological polar surface area (TPSA) is 29.5 Å². The quantitative estimate of drug-likeness (QED) is 0.253. The zero-order valence-electron chi connectivity index (χ0n) is 16.0. The van der Waals surface area contributed by atoms with Crippen molar-refractivity contribution in [1.82, 2.24) is 9.80 Å². The van der Waals surface area contributed by atoms with E-state index in [-0.39, 0.29) is 43.6 Å². The average molecular weight is 304 g/mol. The summed E-state index contributed by atoms with van der Waals surface area (Å²) in [5.41, 5.74) is 1.15. The van der Waals surface area contributed by atoms with Crippen molar-refractivity contribution in [2.75, 3.05) is 34.2 Å². The molecule has 0 spiro atoms. The third-order valence-electron chi connectivity index (χ3n) is 3.80. The van der Waals surface area contributed by atoms with E-state index in [1.54, 1.807) is 0 Å². The SMILES string of the molecule is CCCCC([CH-]c1ccccc1)C([O-])N(C)CCN(C)C.[Li+].[Li+]. The molecule has 5 heteroatoms. The zero-order chi connectivity index (χ0) is 15.7. The van der Waals surface area contributed by atoms with Crippen molar-refractivity contribution >= 4 is 0 Å². The summed E-state index contributed by atoms with van der Waals surface area (Å²) < 4.78 is 0. The molecule has 0 bridgehead atoms. The zero-order valence-corrected chi connectivity index (χ0v) is 16.0. The predicted molar refractivity (Wildman–Crippen MR) is 87.8 cm³/mol. The number of benzene rings is 1. The molecule has 1 aromatic rings. The van der Waals surface area contributed by atoms with Gasteiger partial charge in [0.1, 0.15) is 0 Å². The summed E-state index contributed by atoms with van der Waals surface area (Å²) in [4.78, 5) is 4.06. The summed E-state index contributed by atoms with van der Waals surface area (Å²) in [6.45, 7) is 3.91. The van der Waals surface area contributed by atoms with Crippen LogP contribution < -0.4 is 42.8 Å². The largest absolute Gasteiger partial charge is 1.00 e. The molecule has 3 nitrogen and oxygen atoms in total. The maximum atomic E-state index is 12.7. The maximum Gasteiger partial charge on any atom is 1.00 e. The van der Waals surface area contributed by atoms with Crippen LogP contribution in [-0.4, -0.2) is 50.3 Å². The van der Waals surface area contributed by atoms with Gasteiger partial charge < -0.3 is 14.9 Å². The van der Waals surface area contributed by atoms with Gasteiger partial charge in [-0.2, -0.15) is 24.1 Å². The molecule has 0 heterocycles. The van der Waals surface area contributed by atoms with E-state index in [1.807, 2.05) is 44.2 Å². The molecule has 23 heavy (non-hydrogen) atoms. The number of hydrogen-bond donors (Lipinski definition) is 0. The van der Waals surface area contributed by atoms with Crippen LogP contribution in [0.25, 0.3) is 0 Å². The summed E-state index contributed by atoms with van der Waals surface area (Å²) >= 11 is 0. The minimum Gasteiger partial charge on any atom is -0.841 e. The van der Waals surface area contributed by atoms with E-state index in [9.17, 15) is 5.11 Å². The Labute approximate surface area is 167 Å². The molecule has 0 radical (unpaired) electrons. The number of likely N-dealkylation sites (N-methyl/N-ethyl adjacent to an activating group) is 2. The first-order valence-electron chi connectivity index (χ1n) is 7.95. The van der Waals surface area contributed by atoms with Gasteiger partial charge in [-0.05, 0) is 21.1 Å². The van der Waals surface area contributed by atoms with E-state index in [4.69, 9.17) is 0 Å². The maximum absolute atomic E-state index is 12.7. The molecule has 2 atom stereocenters. The molecule has 0 saturated heterocycles. The van der Waals surface area contributed by atoms with E-state index in [1.165, 1.54) is 0 Å². The molecule has 120 valence electrons.